The van der Waals surface area contributed by atoms with Crippen molar-refractivity contribution in [1.82, 2.24) is 0 Å². The van der Waals surface area contributed by atoms with Crippen LogP contribution in [0.2, 0.25) is 0 Å². The van der Waals surface area contributed by atoms with E-state index in [9.17, 15) is 9.59 Å². The predicted molar refractivity (Wildman–Crippen MR) is 46.5 cm³/mol. The monoisotopic (exact) mass is 212 g/mol. The number of ether oxygens (including phenoxy) is 1. The summed E-state index contributed by atoms with van der Waals surface area (Å²) in [5.41, 5.74) is 0. The molecule has 0 aliphatic heterocycles. The van der Waals surface area contributed by atoms with Gasteiger partial charge < -0.3 is 9.84 Å². The average Bonchev–Trinajstić information content (AvgIpc) is 1.99. The maximum Gasteiger partial charge on any atom is 0.337 e. The van der Waals surface area contributed by atoms with Crippen molar-refractivity contribution in [2.45, 2.75) is 17.0 Å². The molecule has 0 saturated heterocycles. The largest absolute Gasteiger partial charge is 0.481 e. The molecule has 0 saturated carbocycles. The van der Waals surface area contributed by atoms with Crippen molar-refractivity contribution in [3.05, 3.63) is 0 Å². The highest BCUT2D eigenvalue weighted by molar-refractivity contribution is 7.84. The number of aliphatic carboxylic acids is 1. The minimum Gasteiger partial charge on any atom is -0.481 e. The number of alkyl halides is 1. The van der Waals surface area contributed by atoms with Gasteiger partial charge in [0.2, 0.25) is 0 Å². The van der Waals surface area contributed by atoms with Crippen molar-refractivity contribution in [3.8, 4) is 0 Å². The maximum atomic E-state index is 10.8. The number of carboxylic acid groups (broad SMARTS) is 1. The second-order valence-electron chi connectivity index (χ2n) is 2.14. The van der Waals surface area contributed by atoms with Crippen LogP contribution in [-0.2, 0) is 14.3 Å². The van der Waals surface area contributed by atoms with Gasteiger partial charge in [-0.05, 0) is 6.42 Å². The first-order valence-corrected chi connectivity index (χ1v) is 3.94. The van der Waals surface area contributed by atoms with Crippen LogP contribution in [0.1, 0.15) is 12.8 Å². The summed E-state index contributed by atoms with van der Waals surface area (Å²) in [6, 6.07) is 0. The number of hydrogen-bond acceptors (Lipinski definition) is 4. The van der Waals surface area contributed by atoms with Crippen LogP contribution in [0.15, 0.2) is 0 Å². The van der Waals surface area contributed by atoms with Gasteiger partial charge >= 0.3 is 11.9 Å². The standard InChI is InChI=1S/C6H9ClO4S/c1-11-5(10)6(7,12)3-2-4(8)9/h12H,2-3H2,1H3,(H,8,9). The fraction of sp³-hybridized carbons (Fsp3) is 0.667. The first kappa shape index (κ1) is 11.6. The van der Waals surface area contributed by atoms with Gasteiger partial charge in [0.1, 0.15) is 0 Å². The number of esters is 1. The Balaban J connectivity index is 4.03. The van der Waals surface area contributed by atoms with E-state index in [0.717, 1.165) is 7.11 Å². The van der Waals surface area contributed by atoms with Crippen LogP contribution in [0.5, 0.6) is 0 Å². The van der Waals surface area contributed by atoms with E-state index in [4.69, 9.17) is 16.7 Å². The van der Waals surface area contributed by atoms with Crippen molar-refractivity contribution in [2.24, 2.45) is 0 Å². The fourth-order valence-electron chi connectivity index (χ4n) is 0.531. The van der Waals surface area contributed by atoms with Crippen molar-refractivity contribution >= 4 is 36.2 Å². The zero-order chi connectivity index (χ0) is 9.78. The highest BCUT2D eigenvalue weighted by Crippen LogP contribution is 2.27. The van der Waals surface area contributed by atoms with Crippen LogP contribution >= 0.6 is 24.2 Å². The topological polar surface area (TPSA) is 63.6 Å². The molecule has 0 aliphatic rings. The maximum absolute atomic E-state index is 10.8. The molecule has 0 heterocycles. The second-order valence-corrected chi connectivity index (χ2v) is 3.82. The quantitative estimate of drug-likeness (QED) is 0.413. The molecule has 0 fully saturated rings. The van der Waals surface area contributed by atoms with E-state index in [1.165, 1.54) is 0 Å². The molecule has 0 aromatic carbocycles. The van der Waals surface area contributed by atoms with Crippen molar-refractivity contribution in [2.75, 3.05) is 7.11 Å². The first-order chi connectivity index (χ1) is 5.40. The number of carbonyl (C=O) groups excluding carboxylic acids is 1. The minimum atomic E-state index is -1.53. The highest BCUT2D eigenvalue weighted by Gasteiger charge is 2.33. The molecule has 12 heavy (non-hydrogen) atoms. The van der Waals surface area contributed by atoms with Gasteiger partial charge in [0.15, 0.2) is 4.21 Å². The molecule has 0 rings (SSSR count). The van der Waals surface area contributed by atoms with Crippen LogP contribution in [0.4, 0.5) is 0 Å². The van der Waals surface area contributed by atoms with Gasteiger partial charge in [-0.2, -0.15) is 0 Å². The molecule has 0 radical (unpaired) electrons. The lowest BCUT2D eigenvalue weighted by atomic mass is 10.2. The van der Waals surface area contributed by atoms with E-state index in [1.807, 2.05) is 0 Å². The molecular weight excluding hydrogens is 204 g/mol. The van der Waals surface area contributed by atoms with Crippen LogP contribution in [-0.4, -0.2) is 28.4 Å². The summed E-state index contributed by atoms with van der Waals surface area (Å²) in [6.07, 6.45) is -0.290. The van der Waals surface area contributed by atoms with Crippen LogP contribution in [0.3, 0.4) is 0 Å². The SMILES string of the molecule is COC(=O)C(S)(Cl)CCC(=O)O. The average molecular weight is 213 g/mol. The lowest BCUT2D eigenvalue weighted by Gasteiger charge is -2.16. The zero-order valence-corrected chi connectivity index (χ0v) is 8.06. The van der Waals surface area contributed by atoms with Crippen molar-refractivity contribution in [3.63, 3.8) is 0 Å². The molecule has 0 aromatic rings. The number of carbonyl (C=O) groups is 2. The Kier molecular flexibility index (Phi) is 4.41. The molecule has 0 aromatic heterocycles. The van der Waals surface area contributed by atoms with Gasteiger partial charge in [0, 0.05) is 6.42 Å². The van der Waals surface area contributed by atoms with E-state index in [1.54, 1.807) is 0 Å². The third kappa shape index (κ3) is 3.82. The Morgan fingerprint density at radius 3 is 2.50 bits per heavy atom. The third-order valence-corrected chi connectivity index (χ3v) is 1.92. The molecule has 1 N–H and O–H groups in total. The van der Waals surface area contributed by atoms with E-state index in [2.05, 4.69) is 17.4 Å². The van der Waals surface area contributed by atoms with Gasteiger partial charge in [-0.3, -0.25) is 4.79 Å². The summed E-state index contributed by atoms with van der Waals surface area (Å²) in [6.45, 7) is 0. The number of halogens is 1. The van der Waals surface area contributed by atoms with E-state index >= 15 is 0 Å². The summed E-state index contributed by atoms with van der Waals surface area (Å²) in [5, 5.41) is 8.29. The Morgan fingerprint density at radius 1 is 1.67 bits per heavy atom. The number of rotatable bonds is 4. The van der Waals surface area contributed by atoms with Crippen LogP contribution < -0.4 is 0 Å². The smallest absolute Gasteiger partial charge is 0.337 e. The molecule has 4 nitrogen and oxygen atoms in total. The van der Waals surface area contributed by atoms with Crippen molar-refractivity contribution < 1.29 is 19.4 Å². The first-order valence-electron chi connectivity index (χ1n) is 3.11. The highest BCUT2D eigenvalue weighted by atomic mass is 35.5. The second kappa shape index (κ2) is 4.57. The van der Waals surface area contributed by atoms with E-state index in [0.29, 0.717) is 0 Å². The zero-order valence-electron chi connectivity index (χ0n) is 6.41. The molecule has 1 atom stereocenters. The van der Waals surface area contributed by atoms with Gasteiger partial charge in [0.05, 0.1) is 7.11 Å². The van der Waals surface area contributed by atoms with E-state index in [-0.39, 0.29) is 12.8 Å². The number of hydrogen-bond donors (Lipinski definition) is 2. The van der Waals surface area contributed by atoms with Gasteiger partial charge in [0.25, 0.3) is 0 Å². The molecule has 0 aliphatic carbocycles. The van der Waals surface area contributed by atoms with Crippen LogP contribution in [0.25, 0.3) is 0 Å². The van der Waals surface area contributed by atoms with Crippen LogP contribution in [0, 0.1) is 0 Å². The summed E-state index contributed by atoms with van der Waals surface area (Å²) in [5.74, 6) is -1.77. The van der Waals surface area contributed by atoms with E-state index < -0.39 is 16.1 Å². The lowest BCUT2D eigenvalue weighted by molar-refractivity contribution is -0.141. The predicted octanol–water partition coefficient (Wildman–Crippen LogP) is 0.889. The lowest BCUT2D eigenvalue weighted by Crippen LogP contribution is -2.28. The Bertz CT molecular complexity index is 192. The Labute approximate surface area is 80.3 Å². The van der Waals surface area contributed by atoms with Crippen molar-refractivity contribution in [1.29, 1.82) is 0 Å². The van der Waals surface area contributed by atoms with Gasteiger partial charge in [-0.15, -0.1) is 12.6 Å². The number of methoxy groups -OCH3 is 1. The Morgan fingerprint density at radius 2 is 2.17 bits per heavy atom. The molecular formula is C6H9ClO4S. The normalized spacial score (nSPS) is 14.9. The molecule has 1 unspecified atom stereocenters. The molecule has 0 amide bonds. The summed E-state index contributed by atoms with van der Waals surface area (Å²) in [4.78, 5) is 20.9. The summed E-state index contributed by atoms with van der Waals surface area (Å²) >= 11 is 9.32. The molecule has 0 spiro atoms. The molecule has 0 bridgehead atoms. The number of thiol groups is 1. The Hall–Kier alpha value is -0.420. The summed E-state index contributed by atoms with van der Waals surface area (Å²) in [7, 11) is 1.16. The minimum absolute atomic E-state index is 0.0698. The third-order valence-electron chi connectivity index (χ3n) is 1.17. The van der Waals surface area contributed by atoms with Gasteiger partial charge in [-0.25, -0.2) is 4.79 Å². The molecule has 6 heteroatoms. The number of carboxylic acids is 1. The fourth-order valence-corrected chi connectivity index (χ4v) is 0.906. The summed E-state index contributed by atoms with van der Waals surface area (Å²) < 4.78 is 2.77. The molecule has 70 valence electrons. The van der Waals surface area contributed by atoms with Gasteiger partial charge in [-0.1, -0.05) is 11.6 Å².